The molecule has 0 radical (unpaired) electrons. The maximum Gasteiger partial charge on any atom is 0.0580 e. The van der Waals surface area contributed by atoms with E-state index in [2.05, 4.69) is 19.0 Å². The molecule has 1 fully saturated rings. The van der Waals surface area contributed by atoms with Crippen LogP contribution in [-0.2, 0) is 0 Å². The molecule has 0 aromatic rings. The van der Waals surface area contributed by atoms with Gasteiger partial charge in [-0.15, -0.1) is 0 Å². The Morgan fingerprint density at radius 3 is 2.45 bits per heavy atom. The largest absolute Gasteiger partial charge is 0.393 e. The van der Waals surface area contributed by atoms with Gasteiger partial charge in [0.1, 0.15) is 0 Å². The van der Waals surface area contributed by atoms with Crippen LogP contribution in [0, 0.1) is 5.92 Å². The van der Waals surface area contributed by atoms with E-state index < -0.39 is 0 Å². The monoisotopic (exact) mass is 157 g/mol. The summed E-state index contributed by atoms with van der Waals surface area (Å²) in [6.45, 7) is 1.04. The average Bonchev–Trinajstić information content (AvgIpc) is 1.93. The molecule has 1 aliphatic carbocycles. The number of rotatable bonds is 2. The third-order valence-electron chi connectivity index (χ3n) is 2.47. The fraction of sp³-hybridized carbons (Fsp3) is 1.00. The van der Waals surface area contributed by atoms with E-state index >= 15 is 0 Å². The van der Waals surface area contributed by atoms with Gasteiger partial charge in [0.05, 0.1) is 6.10 Å². The summed E-state index contributed by atoms with van der Waals surface area (Å²) < 4.78 is 0. The minimum atomic E-state index is -0.0360. The standard InChI is InChI=1S/C9H19NO/c1-10(2)7-8-5-3-4-6-9(8)11/h8-9,11H,3-7H2,1-2H3/t8-,9+/m0/s1. The van der Waals surface area contributed by atoms with Gasteiger partial charge in [0, 0.05) is 6.54 Å². The Kier molecular flexibility index (Phi) is 3.34. The third-order valence-corrected chi connectivity index (χ3v) is 2.47. The number of aliphatic hydroxyl groups is 1. The molecule has 1 N–H and O–H groups in total. The van der Waals surface area contributed by atoms with E-state index in [9.17, 15) is 5.11 Å². The summed E-state index contributed by atoms with van der Waals surface area (Å²) in [6.07, 6.45) is 4.70. The van der Waals surface area contributed by atoms with Crippen molar-refractivity contribution in [3.05, 3.63) is 0 Å². The van der Waals surface area contributed by atoms with E-state index in [1.807, 2.05) is 0 Å². The summed E-state index contributed by atoms with van der Waals surface area (Å²) >= 11 is 0. The minimum Gasteiger partial charge on any atom is -0.393 e. The molecule has 2 atom stereocenters. The molecule has 0 amide bonds. The van der Waals surface area contributed by atoms with E-state index in [0.717, 1.165) is 13.0 Å². The molecular formula is C9H19NO. The Bertz CT molecular complexity index is 114. The fourth-order valence-corrected chi connectivity index (χ4v) is 1.87. The summed E-state index contributed by atoms with van der Waals surface area (Å²) in [5.74, 6) is 0.527. The van der Waals surface area contributed by atoms with Gasteiger partial charge in [0.25, 0.3) is 0 Å². The molecule has 0 spiro atoms. The predicted molar refractivity (Wildman–Crippen MR) is 46.5 cm³/mol. The van der Waals surface area contributed by atoms with Gasteiger partial charge >= 0.3 is 0 Å². The molecule has 2 nitrogen and oxygen atoms in total. The molecule has 0 unspecified atom stereocenters. The second-order valence-corrected chi connectivity index (χ2v) is 3.87. The van der Waals surface area contributed by atoms with Crippen LogP contribution in [0.15, 0.2) is 0 Å². The molecular weight excluding hydrogens is 138 g/mol. The van der Waals surface area contributed by atoms with Gasteiger partial charge in [-0.1, -0.05) is 12.8 Å². The van der Waals surface area contributed by atoms with E-state index in [1.165, 1.54) is 19.3 Å². The normalized spacial score (nSPS) is 32.7. The summed E-state index contributed by atoms with van der Waals surface area (Å²) in [5, 5.41) is 9.59. The lowest BCUT2D eigenvalue weighted by atomic mass is 9.86. The Hall–Kier alpha value is -0.0800. The van der Waals surface area contributed by atoms with Crippen molar-refractivity contribution in [1.82, 2.24) is 4.90 Å². The first kappa shape index (κ1) is 9.01. The predicted octanol–water partition coefficient (Wildman–Crippen LogP) is 1.10. The highest BCUT2D eigenvalue weighted by Crippen LogP contribution is 2.24. The lowest BCUT2D eigenvalue weighted by molar-refractivity contribution is 0.0555. The summed E-state index contributed by atoms with van der Waals surface area (Å²) in [5.41, 5.74) is 0. The van der Waals surface area contributed by atoms with Crippen molar-refractivity contribution in [1.29, 1.82) is 0 Å². The zero-order chi connectivity index (χ0) is 8.27. The van der Waals surface area contributed by atoms with Crippen molar-refractivity contribution >= 4 is 0 Å². The van der Waals surface area contributed by atoms with Crippen molar-refractivity contribution in [2.45, 2.75) is 31.8 Å². The molecule has 2 heteroatoms. The maximum atomic E-state index is 9.59. The quantitative estimate of drug-likeness (QED) is 0.649. The molecule has 1 rings (SSSR count). The maximum absolute atomic E-state index is 9.59. The van der Waals surface area contributed by atoms with Gasteiger partial charge in [-0.2, -0.15) is 0 Å². The molecule has 11 heavy (non-hydrogen) atoms. The highest BCUT2D eigenvalue weighted by molar-refractivity contribution is 4.75. The molecule has 0 bridgehead atoms. The Morgan fingerprint density at radius 2 is 1.91 bits per heavy atom. The van der Waals surface area contributed by atoms with E-state index in [4.69, 9.17) is 0 Å². The molecule has 66 valence electrons. The van der Waals surface area contributed by atoms with Crippen LogP contribution in [0.25, 0.3) is 0 Å². The van der Waals surface area contributed by atoms with Crippen LogP contribution in [0.2, 0.25) is 0 Å². The molecule has 0 saturated heterocycles. The van der Waals surface area contributed by atoms with Gasteiger partial charge < -0.3 is 10.0 Å². The lowest BCUT2D eigenvalue weighted by Gasteiger charge is -2.29. The smallest absolute Gasteiger partial charge is 0.0580 e. The number of nitrogens with zero attached hydrogens (tertiary/aromatic N) is 1. The SMILES string of the molecule is CN(C)C[C@@H]1CCCC[C@H]1O. The fourth-order valence-electron chi connectivity index (χ4n) is 1.87. The highest BCUT2D eigenvalue weighted by atomic mass is 16.3. The Labute approximate surface area is 69.2 Å². The van der Waals surface area contributed by atoms with E-state index in [1.54, 1.807) is 0 Å². The zero-order valence-corrected chi connectivity index (χ0v) is 7.58. The van der Waals surface area contributed by atoms with Crippen molar-refractivity contribution in [3.63, 3.8) is 0 Å². The molecule has 0 aliphatic heterocycles. The topological polar surface area (TPSA) is 23.5 Å². The molecule has 0 aromatic carbocycles. The first-order chi connectivity index (χ1) is 5.20. The highest BCUT2D eigenvalue weighted by Gasteiger charge is 2.22. The van der Waals surface area contributed by atoms with E-state index in [-0.39, 0.29) is 6.10 Å². The Morgan fingerprint density at radius 1 is 1.27 bits per heavy atom. The van der Waals surface area contributed by atoms with Gasteiger partial charge in [-0.3, -0.25) is 0 Å². The second-order valence-electron chi connectivity index (χ2n) is 3.87. The molecule has 0 aromatic heterocycles. The van der Waals surface area contributed by atoms with Gasteiger partial charge in [0.15, 0.2) is 0 Å². The van der Waals surface area contributed by atoms with Gasteiger partial charge in [-0.25, -0.2) is 0 Å². The lowest BCUT2D eigenvalue weighted by Crippen LogP contribution is -2.33. The number of aliphatic hydroxyl groups excluding tert-OH is 1. The van der Waals surface area contributed by atoms with Crippen LogP contribution in [0.1, 0.15) is 25.7 Å². The molecule has 1 saturated carbocycles. The minimum absolute atomic E-state index is 0.0360. The Balaban J connectivity index is 2.29. The zero-order valence-electron chi connectivity index (χ0n) is 7.58. The average molecular weight is 157 g/mol. The van der Waals surface area contributed by atoms with Crippen LogP contribution >= 0.6 is 0 Å². The third kappa shape index (κ3) is 2.80. The van der Waals surface area contributed by atoms with Crippen LogP contribution in [0.5, 0.6) is 0 Å². The van der Waals surface area contributed by atoms with Crippen molar-refractivity contribution in [2.24, 2.45) is 5.92 Å². The number of hydrogen-bond acceptors (Lipinski definition) is 2. The first-order valence-corrected chi connectivity index (χ1v) is 4.53. The summed E-state index contributed by atoms with van der Waals surface area (Å²) in [6, 6.07) is 0. The number of hydrogen-bond donors (Lipinski definition) is 1. The second kappa shape index (κ2) is 4.07. The van der Waals surface area contributed by atoms with Crippen molar-refractivity contribution < 1.29 is 5.11 Å². The first-order valence-electron chi connectivity index (χ1n) is 4.53. The summed E-state index contributed by atoms with van der Waals surface area (Å²) in [4.78, 5) is 2.17. The van der Waals surface area contributed by atoms with Crippen LogP contribution in [0.3, 0.4) is 0 Å². The van der Waals surface area contributed by atoms with Gasteiger partial charge in [0.2, 0.25) is 0 Å². The molecule has 1 aliphatic rings. The van der Waals surface area contributed by atoms with Gasteiger partial charge in [-0.05, 0) is 32.9 Å². The summed E-state index contributed by atoms with van der Waals surface area (Å²) in [7, 11) is 4.14. The molecule has 0 heterocycles. The van der Waals surface area contributed by atoms with Crippen LogP contribution < -0.4 is 0 Å². The van der Waals surface area contributed by atoms with Crippen LogP contribution in [-0.4, -0.2) is 36.8 Å². The van der Waals surface area contributed by atoms with E-state index in [0.29, 0.717) is 5.92 Å². The van der Waals surface area contributed by atoms with Crippen LogP contribution in [0.4, 0.5) is 0 Å². The van der Waals surface area contributed by atoms with Crippen molar-refractivity contribution in [2.75, 3.05) is 20.6 Å². The van der Waals surface area contributed by atoms with Crippen molar-refractivity contribution in [3.8, 4) is 0 Å².